The third-order valence-corrected chi connectivity index (χ3v) is 6.07. The smallest absolute Gasteiger partial charge is 0.238 e. The van der Waals surface area contributed by atoms with E-state index in [0.29, 0.717) is 10.8 Å². The molecule has 0 spiro atoms. The Labute approximate surface area is 173 Å². The fourth-order valence-electron chi connectivity index (χ4n) is 2.50. The highest BCUT2D eigenvalue weighted by Gasteiger charge is 2.18. The maximum atomic E-state index is 12.5. The lowest BCUT2D eigenvalue weighted by Crippen LogP contribution is -2.23. The van der Waals surface area contributed by atoms with Crippen LogP contribution in [-0.2, 0) is 14.8 Å². The van der Waals surface area contributed by atoms with Crippen LogP contribution in [0.15, 0.2) is 71.0 Å². The van der Waals surface area contributed by atoms with E-state index in [1.807, 2.05) is 35.0 Å². The lowest BCUT2D eigenvalue weighted by molar-refractivity contribution is -0.115. The molecule has 0 saturated carbocycles. The zero-order chi connectivity index (χ0) is 21.0. The number of nitrogens with one attached hydrogen (secondary N) is 1. The van der Waals surface area contributed by atoms with Crippen LogP contribution in [0.3, 0.4) is 0 Å². The highest BCUT2D eigenvalue weighted by molar-refractivity contribution is 8.00. The Bertz CT molecular complexity index is 1090. The molecule has 0 radical (unpaired) electrons. The van der Waals surface area contributed by atoms with Crippen molar-refractivity contribution in [2.45, 2.75) is 22.2 Å². The van der Waals surface area contributed by atoms with Crippen molar-refractivity contribution in [1.82, 2.24) is 9.55 Å². The number of primary sulfonamides is 1. The maximum absolute atomic E-state index is 12.5. The highest BCUT2D eigenvalue weighted by Crippen LogP contribution is 2.26. The molecule has 1 aromatic heterocycles. The van der Waals surface area contributed by atoms with Crippen LogP contribution >= 0.6 is 11.8 Å². The zero-order valence-electron chi connectivity index (χ0n) is 15.8. The molecule has 8 nitrogen and oxygen atoms in total. The van der Waals surface area contributed by atoms with Crippen LogP contribution in [0, 0.1) is 0 Å². The summed E-state index contributed by atoms with van der Waals surface area (Å²) in [6.45, 7) is 1.77. The first kappa shape index (κ1) is 20.9. The molecule has 2 aromatic carbocycles. The minimum absolute atomic E-state index is 0.0144. The summed E-state index contributed by atoms with van der Waals surface area (Å²) in [4.78, 5) is 16.8. The second kappa shape index (κ2) is 8.68. The highest BCUT2D eigenvalue weighted by atomic mass is 32.2. The molecule has 3 aromatic rings. The molecule has 1 amide bonds. The average Bonchev–Trinajstić information content (AvgIpc) is 3.15. The SMILES string of the molecule is COc1ccc(-n2ccnc2S[C@@H](C)C(=O)Nc2ccc(S(N)(=O)=O)cc2)cc1. The summed E-state index contributed by atoms with van der Waals surface area (Å²) in [6.07, 6.45) is 3.49. The normalized spacial score (nSPS) is 12.4. The number of hydrogen-bond acceptors (Lipinski definition) is 6. The maximum Gasteiger partial charge on any atom is 0.238 e. The third-order valence-electron chi connectivity index (χ3n) is 4.06. The van der Waals surface area contributed by atoms with Gasteiger partial charge in [0, 0.05) is 23.8 Å². The number of nitrogens with zero attached hydrogens (tertiary/aromatic N) is 2. The van der Waals surface area contributed by atoms with Crippen molar-refractivity contribution >= 4 is 33.4 Å². The van der Waals surface area contributed by atoms with E-state index in [-0.39, 0.29) is 10.8 Å². The molecule has 1 atom stereocenters. The van der Waals surface area contributed by atoms with Crippen molar-refractivity contribution < 1.29 is 17.9 Å². The number of nitrogens with two attached hydrogens (primary N) is 1. The summed E-state index contributed by atoms with van der Waals surface area (Å²) >= 11 is 1.31. The molecule has 0 saturated heterocycles. The average molecular weight is 433 g/mol. The molecular weight excluding hydrogens is 412 g/mol. The molecule has 3 rings (SSSR count). The number of ether oxygens (including phenoxy) is 1. The molecule has 3 N–H and O–H groups in total. The molecule has 152 valence electrons. The number of anilines is 1. The lowest BCUT2D eigenvalue weighted by atomic mass is 10.3. The molecule has 0 bridgehead atoms. The quantitative estimate of drug-likeness (QED) is 0.555. The Morgan fingerprint density at radius 2 is 1.83 bits per heavy atom. The van der Waals surface area contributed by atoms with Crippen LogP contribution in [-0.4, -0.2) is 36.2 Å². The Balaban J connectivity index is 1.68. The Kier molecular flexibility index (Phi) is 6.26. The van der Waals surface area contributed by atoms with Gasteiger partial charge in [0.2, 0.25) is 15.9 Å². The molecule has 1 heterocycles. The number of aromatic nitrogens is 2. The molecule has 0 aliphatic heterocycles. The number of carbonyl (C=O) groups excluding carboxylic acids is 1. The van der Waals surface area contributed by atoms with Gasteiger partial charge in [0.15, 0.2) is 5.16 Å². The van der Waals surface area contributed by atoms with Gasteiger partial charge in [-0.25, -0.2) is 18.5 Å². The summed E-state index contributed by atoms with van der Waals surface area (Å²) in [5.41, 5.74) is 1.38. The van der Waals surface area contributed by atoms with Crippen LogP contribution < -0.4 is 15.2 Å². The number of imidazole rings is 1. The third kappa shape index (κ3) is 5.17. The van der Waals surface area contributed by atoms with E-state index in [0.717, 1.165) is 11.4 Å². The van der Waals surface area contributed by atoms with E-state index in [9.17, 15) is 13.2 Å². The first-order valence-corrected chi connectivity index (χ1v) is 11.0. The second-order valence-electron chi connectivity index (χ2n) is 6.10. The van der Waals surface area contributed by atoms with Crippen LogP contribution in [0.25, 0.3) is 5.69 Å². The van der Waals surface area contributed by atoms with Gasteiger partial charge in [-0.2, -0.15) is 0 Å². The van der Waals surface area contributed by atoms with Gasteiger partial charge < -0.3 is 10.1 Å². The number of methoxy groups -OCH3 is 1. The van der Waals surface area contributed by atoms with Gasteiger partial charge in [-0.1, -0.05) is 11.8 Å². The van der Waals surface area contributed by atoms with Crippen molar-refractivity contribution in [2.24, 2.45) is 5.14 Å². The van der Waals surface area contributed by atoms with Crippen molar-refractivity contribution in [2.75, 3.05) is 12.4 Å². The van der Waals surface area contributed by atoms with Crippen molar-refractivity contribution in [3.63, 3.8) is 0 Å². The van der Waals surface area contributed by atoms with Gasteiger partial charge in [-0.3, -0.25) is 9.36 Å². The fraction of sp³-hybridized carbons (Fsp3) is 0.158. The van der Waals surface area contributed by atoms with E-state index in [2.05, 4.69) is 10.3 Å². The van der Waals surface area contributed by atoms with Crippen molar-refractivity contribution in [3.05, 3.63) is 60.9 Å². The van der Waals surface area contributed by atoms with Gasteiger partial charge >= 0.3 is 0 Å². The number of thioether (sulfide) groups is 1. The van der Waals surface area contributed by atoms with Crippen molar-refractivity contribution in [1.29, 1.82) is 0 Å². The van der Waals surface area contributed by atoms with Crippen LogP contribution in [0.1, 0.15) is 6.92 Å². The predicted octanol–water partition coefficient (Wildman–Crippen LogP) is 2.65. The largest absolute Gasteiger partial charge is 0.497 e. The van der Waals surface area contributed by atoms with E-state index < -0.39 is 15.3 Å². The van der Waals surface area contributed by atoms with Gasteiger partial charge in [0.25, 0.3) is 0 Å². The monoisotopic (exact) mass is 432 g/mol. The van der Waals surface area contributed by atoms with E-state index in [4.69, 9.17) is 9.88 Å². The van der Waals surface area contributed by atoms with Crippen LogP contribution in [0.4, 0.5) is 5.69 Å². The number of carbonyl (C=O) groups is 1. The minimum Gasteiger partial charge on any atom is -0.497 e. The zero-order valence-corrected chi connectivity index (χ0v) is 17.4. The molecule has 29 heavy (non-hydrogen) atoms. The number of amides is 1. The summed E-state index contributed by atoms with van der Waals surface area (Å²) in [6, 6.07) is 13.2. The molecule has 10 heteroatoms. The Morgan fingerprint density at radius 3 is 2.41 bits per heavy atom. The van der Waals surface area contributed by atoms with E-state index in [1.165, 1.54) is 36.0 Å². The molecule has 0 aliphatic carbocycles. The van der Waals surface area contributed by atoms with Gasteiger partial charge in [-0.15, -0.1) is 0 Å². The number of rotatable bonds is 7. The second-order valence-corrected chi connectivity index (χ2v) is 8.97. The summed E-state index contributed by atoms with van der Waals surface area (Å²) in [5, 5.41) is 8.06. The number of hydrogen-bond donors (Lipinski definition) is 2. The van der Waals surface area contributed by atoms with Gasteiger partial charge in [-0.05, 0) is 55.5 Å². The summed E-state index contributed by atoms with van der Waals surface area (Å²) in [5.74, 6) is 0.520. The summed E-state index contributed by atoms with van der Waals surface area (Å²) < 4.78 is 29.7. The molecule has 0 fully saturated rings. The fourth-order valence-corrected chi connectivity index (χ4v) is 3.90. The van der Waals surface area contributed by atoms with Gasteiger partial charge in [0.05, 0.1) is 17.3 Å². The van der Waals surface area contributed by atoms with Crippen molar-refractivity contribution in [3.8, 4) is 11.4 Å². The van der Waals surface area contributed by atoms with E-state index >= 15 is 0 Å². The standard InChI is InChI=1S/C19H20N4O4S2/c1-13(18(24)22-14-3-9-17(10-4-14)29(20,25)26)28-19-21-11-12-23(19)15-5-7-16(27-2)8-6-15/h3-13H,1-2H3,(H,22,24)(H2,20,25,26)/t13-/m0/s1. The minimum atomic E-state index is -3.77. The first-order valence-electron chi connectivity index (χ1n) is 8.56. The topological polar surface area (TPSA) is 116 Å². The summed E-state index contributed by atoms with van der Waals surface area (Å²) in [7, 11) is -2.16. The number of benzene rings is 2. The Hall–Kier alpha value is -2.82. The van der Waals surface area contributed by atoms with Crippen LogP contribution in [0.5, 0.6) is 5.75 Å². The first-order chi connectivity index (χ1) is 13.8. The van der Waals surface area contributed by atoms with Gasteiger partial charge in [0.1, 0.15) is 5.75 Å². The molecular formula is C19H20N4O4S2. The number of sulfonamides is 1. The van der Waals surface area contributed by atoms with E-state index in [1.54, 1.807) is 20.2 Å². The molecule has 0 unspecified atom stereocenters. The molecule has 0 aliphatic rings. The van der Waals surface area contributed by atoms with Crippen LogP contribution in [0.2, 0.25) is 0 Å². The Morgan fingerprint density at radius 1 is 1.17 bits per heavy atom. The lowest BCUT2D eigenvalue weighted by Gasteiger charge is -2.13. The predicted molar refractivity (Wildman–Crippen MR) is 112 cm³/mol.